The molecule has 0 spiro atoms. The first-order valence-corrected chi connectivity index (χ1v) is 11.8. The van der Waals surface area contributed by atoms with E-state index in [1.165, 1.54) is 24.1 Å². The number of likely N-dealkylation sites (N-methyl/N-ethyl adjacent to an activating group) is 1. The molecule has 0 aromatic heterocycles. The monoisotopic (exact) mass is 565 g/mol. The zero-order valence-electron chi connectivity index (χ0n) is 20.5. The molecule has 1 aliphatic heterocycles. The van der Waals surface area contributed by atoms with Crippen molar-refractivity contribution in [3.05, 3.63) is 59.7 Å². The minimum Gasteiger partial charge on any atom is -0.492 e. The van der Waals surface area contributed by atoms with Crippen LogP contribution in [-0.2, 0) is 6.54 Å². The molecule has 1 heterocycles. The number of rotatable bonds is 10. The van der Waals surface area contributed by atoms with E-state index >= 15 is 0 Å². The van der Waals surface area contributed by atoms with E-state index < -0.39 is 0 Å². The summed E-state index contributed by atoms with van der Waals surface area (Å²) in [5.74, 6) is 1.72. The van der Waals surface area contributed by atoms with Crippen molar-refractivity contribution in [3.8, 4) is 5.75 Å². The molecule has 1 aliphatic rings. The smallest absolute Gasteiger partial charge is 0.192 e. The van der Waals surface area contributed by atoms with E-state index in [4.69, 9.17) is 9.73 Å². The van der Waals surface area contributed by atoms with Crippen LogP contribution in [-0.4, -0.2) is 57.7 Å². The third-order valence-electron chi connectivity index (χ3n) is 5.66. The Morgan fingerprint density at radius 2 is 1.88 bits per heavy atom. The third-order valence-corrected chi connectivity index (χ3v) is 5.66. The molecule has 1 saturated heterocycles. The summed E-state index contributed by atoms with van der Waals surface area (Å²) >= 11 is 0. The number of ether oxygens (including phenoxy) is 1. The molecule has 2 N–H and O–H groups in total. The number of halogens is 1. The van der Waals surface area contributed by atoms with Crippen LogP contribution in [0.15, 0.2) is 53.5 Å². The third kappa shape index (κ3) is 9.04. The fourth-order valence-electron chi connectivity index (χ4n) is 3.82. The van der Waals surface area contributed by atoms with E-state index in [0.29, 0.717) is 13.2 Å². The molecule has 3 rings (SSSR count). The molecule has 1 atom stereocenters. The van der Waals surface area contributed by atoms with Crippen LogP contribution in [0.4, 0.5) is 5.69 Å². The first kappa shape index (κ1) is 27.2. The van der Waals surface area contributed by atoms with E-state index in [1.807, 2.05) is 26.2 Å². The SMILES string of the molecule is CCNC(=NCc1cccc(OCCN(C)C)c1)NC(C)c1cccc(N2CCCC2)c1.I. The number of nitrogens with one attached hydrogen (secondary N) is 2. The van der Waals surface area contributed by atoms with Crippen molar-refractivity contribution in [1.29, 1.82) is 0 Å². The normalized spacial score (nSPS) is 14.7. The van der Waals surface area contributed by atoms with Crippen molar-refractivity contribution < 1.29 is 4.74 Å². The Labute approximate surface area is 216 Å². The number of benzene rings is 2. The average Bonchev–Trinajstić information content (AvgIpc) is 3.33. The maximum Gasteiger partial charge on any atom is 0.192 e. The fraction of sp³-hybridized carbons (Fsp3) is 0.500. The second kappa shape index (κ2) is 14.3. The van der Waals surface area contributed by atoms with Crippen molar-refractivity contribution in [2.45, 2.75) is 39.3 Å². The van der Waals surface area contributed by atoms with Gasteiger partial charge in [-0.05, 0) is 76.2 Å². The van der Waals surface area contributed by atoms with Crippen molar-refractivity contribution >= 4 is 35.6 Å². The minimum absolute atomic E-state index is 0. The molecule has 0 saturated carbocycles. The largest absolute Gasteiger partial charge is 0.492 e. The summed E-state index contributed by atoms with van der Waals surface area (Å²) in [5, 5.41) is 6.94. The van der Waals surface area contributed by atoms with Gasteiger partial charge in [0.25, 0.3) is 0 Å². The molecule has 182 valence electrons. The molecule has 6 nitrogen and oxygen atoms in total. The molecule has 2 aromatic rings. The Kier molecular flexibility index (Phi) is 11.8. The molecule has 7 heteroatoms. The van der Waals surface area contributed by atoms with Gasteiger partial charge in [-0.2, -0.15) is 0 Å². The number of guanidine groups is 1. The lowest BCUT2D eigenvalue weighted by molar-refractivity contribution is 0.261. The zero-order valence-corrected chi connectivity index (χ0v) is 22.8. The Balaban J connectivity index is 0.00000385. The summed E-state index contributed by atoms with van der Waals surface area (Å²) in [6.07, 6.45) is 2.58. The first-order chi connectivity index (χ1) is 15.5. The maximum atomic E-state index is 5.86. The fourth-order valence-corrected chi connectivity index (χ4v) is 3.82. The van der Waals surface area contributed by atoms with Crippen LogP contribution in [0.25, 0.3) is 0 Å². The lowest BCUT2D eigenvalue weighted by Gasteiger charge is -2.22. The van der Waals surface area contributed by atoms with Gasteiger partial charge in [0.05, 0.1) is 12.6 Å². The Morgan fingerprint density at radius 1 is 1.12 bits per heavy atom. The van der Waals surface area contributed by atoms with Crippen molar-refractivity contribution in [3.63, 3.8) is 0 Å². The second-order valence-electron chi connectivity index (χ2n) is 8.65. The quantitative estimate of drug-likeness (QED) is 0.250. The molecule has 1 unspecified atom stereocenters. The average molecular weight is 566 g/mol. The lowest BCUT2D eigenvalue weighted by Crippen LogP contribution is -2.38. The van der Waals surface area contributed by atoms with E-state index in [9.17, 15) is 0 Å². The number of hydrogen-bond acceptors (Lipinski definition) is 4. The van der Waals surface area contributed by atoms with Crippen LogP contribution in [0.1, 0.15) is 43.9 Å². The molecule has 33 heavy (non-hydrogen) atoms. The van der Waals surface area contributed by atoms with Gasteiger partial charge in [-0.25, -0.2) is 4.99 Å². The topological polar surface area (TPSA) is 52.1 Å². The first-order valence-electron chi connectivity index (χ1n) is 11.8. The van der Waals surface area contributed by atoms with Gasteiger partial charge in [-0.1, -0.05) is 24.3 Å². The van der Waals surface area contributed by atoms with Gasteiger partial charge in [-0.3, -0.25) is 0 Å². The summed E-state index contributed by atoms with van der Waals surface area (Å²) in [7, 11) is 4.10. The molecule has 0 aliphatic carbocycles. The lowest BCUT2D eigenvalue weighted by atomic mass is 10.1. The molecular formula is C26H40IN5O. The molecule has 0 amide bonds. The van der Waals surface area contributed by atoms with Crippen LogP contribution in [0.3, 0.4) is 0 Å². The van der Waals surface area contributed by atoms with Crippen LogP contribution in [0.2, 0.25) is 0 Å². The number of aliphatic imine (C=N–C) groups is 1. The van der Waals surface area contributed by atoms with E-state index in [1.54, 1.807) is 0 Å². The van der Waals surface area contributed by atoms with E-state index in [2.05, 4.69) is 70.7 Å². The van der Waals surface area contributed by atoms with Gasteiger partial charge in [-0.15, -0.1) is 24.0 Å². The number of nitrogens with zero attached hydrogens (tertiary/aromatic N) is 3. The summed E-state index contributed by atoms with van der Waals surface area (Å²) in [5.41, 5.74) is 3.73. The molecule has 0 radical (unpaired) electrons. The van der Waals surface area contributed by atoms with Gasteiger partial charge >= 0.3 is 0 Å². The highest BCUT2D eigenvalue weighted by atomic mass is 127. The predicted molar refractivity (Wildman–Crippen MR) is 150 cm³/mol. The number of anilines is 1. The van der Waals surface area contributed by atoms with Gasteiger partial charge < -0.3 is 25.2 Å². The highest BCUT2D eigenvalue weighted by molar-refractivity contribution is 14.0. The van der Waals surface area contributed by atoms with E-state index in [0.717, 1.165) is 43.5 Å². The van der Waals surface area contributed by atoms with Crippen molar-refractivity contribution in [2.75, 3.05) is 51.8 Å². The second-order valence-corrected chi connectivity index (χ2v) is 8.65. The van der Waals surface area contributed by atoms with Crippen LogP contribution < -0.4 is 20.3 Å². The van der Waals surface area contributed by atoms with Gasteiger partial charge in [0.1, 0.15) is 12.4 Å². The summed E-state index contributed by atoms with van der Waals surface area (Å²) < 4.78 is 5.86. The van der Waals surface area contributed by atoms with Crippen LogP contribution in [0.5, 0.6) is 5.75 Å². The summed E-state index contributed by atoms with van der Waals surface area (Å²) in [4.78, 5) is 9.41. The van der Waals surface area contributed by atoms with Gasteiger partial charge in [0, 0.05) is 31.9 Å². The molecular weight excluding hydrogens is 525 g/mol. The van der Waals surface area contributed by atoms with E-state index in [-0.39, 0.29) is 30.0 Å². The highest BCUT2D eigenvalue weighted by Gasteiger charge is 2.14. The Morgan fingerprint density at radius 3 is 2.61 bits per heavy atom. The van der Waals surface area contributed by atoms with Crippen LogP contribution >= 0.6 is 24.0 Å². The molecule has 1 fully saturated rings. The Bertz CT molecular complexity index is 867. The Hall–Kier alpha value is -2.00. The molecule has 0 bridgehead atoms. The number of hydrogen-bond donors (Lipinski definition) is 2. The predicted octanol–water partition coefficient (Wildman–Crippen LogP) is 4.66. The van der Waals surface area contributed by atoms with Crippen molar-refractivity contribution in [2.24, 2.45) is 4.99 Å². The standard InChI is InChI=1S/C26H39N5O.HI/c1-5-27-26(28-20-22-10-8-13-25(18-22)32-17-16-30(3)4)29-21(2)23-11-9-12-24(19-23)31-14-6-7-15-31;/h8-13,18-19,21H,5-7,14-17,20H2,1-4H3,(H2,27,28,29);1H. The molecule has 2 aromatic carbocycles. The van der Waals surface area contributed by atoms with Gasteiger partial charge in [0.2, 0.25) is 0 Å². The highest BCUT2D eigenvalue weighted by Crippen LogP contribution is 2.24. The van der Waals surface area contributed by atoms with Crippen molar-refractivity contribution in [1.82, 2.24) is 15.5 Å². The minimum atomic E-state index is 0. The van der Waals surface area contributed by atoms with Crippen LogP contribution in [0, 0.1) is 0 Å². The summed E-state index contributed by atoms with van der Waals surface area (Å²) in [6, 6.07) is 17.2. The summed E-state index contributed by atoms with van der Waals surface area (Å²) in [6.45, 7) is 9.59. The zero-order chi connectivity index (χ0) is 22.8. The maximum absolute atomic E-state index is 5.86. The van der Waals surface area contributed by atoms with Gasteiger partial charge in [0.15, 0.2) is 5.96 Å².